The van der Waals surface area contributed by atoms with E-state index in [-0.39, 0.29) is 5.25 Å². The Hall–Kier alpha value is -1.60. The summed E-state index contributed by atoms with van der Waals surface area (Å²) in [4.78, 5) is 2.11. The van der Waals surface area contributed by atoms with Crippen molar-refractivity contribution in [1.29, 1.82) is 5.41 Å². The number of nitrogens with zero attached hydrogens (tertiary/aromatic N) is 2. The summed E-state index contributed by atoms with van der Waals surface area (Å²) in [5.41, 5.74) is 8.09. The molecule has 1 aromatic rings. The van der Waals surface area contributed by atoms with Gasteiger partial charge in [0.2, 0.25) is 10.0 Å². The predicted molar refractivity (Wildman–Crippen MR) is 84.5 cm³/mol. The molecule has 7 heteroatoms. The van der Waals surface area contributed by atoms with Gasteiger partial charge in [-0.15, -0.1) is 0 Å². The molecule has 21 heavy (non-hydrogen) atoms. The number of nitrogens with one attached hydrogen (secondary N) is 1. The SMILES string of the molecule is N=Cc1c(N)cccc1N1CCN(S(=O)(=O)C2CC2)CC1. The first-order valence-electron chi connectivity index (χ1n) is 7.17. The highest BCUT2D eigenvalue weighted by Gasteiger charge is 2.41. The maximum absolute atomic E-state index is 12.2. The molecule has 6 nitrogen and oxygen atoms in total. The quantitative estimate of drug-likeness (QED) is 0.638. The van der Waals surface area contributed by atoms with Crippen LogP contribution < -0.4 is 10.6 Å². The Balaban J connectivity index is 1.74. The number of benzene rings is 1. The molecular formula is C14H20N4O2S. The first-order valence-corrected chi connectivity index (χ1v) is 8.67. The average molecular weight is 308 g/mol. The number of nitrogens with two attached hydrogens (primary N) is 1. The summed E-state index contributed by atoms with van der Waals surface area (Å²) in [5.74, 6) is 0. The zero-order chi connectivity index (χ0) is 15.0. The zero-order valence-electron chi connectivity index (χ0n) is 11.8. The normalized spacial score (nSPS) is 20.5. The Kier molecular flexibility index (Phi) is 3.62. The molecule has 1 saturated carbocycles. The van der Waals surface area contributed by atoms with E-state index in [9.17, 15) is 8.42 Å². The van der Waals surface area contributed by atoms with Crippen LogP contribution in [0.1, 0.15) is 18.4 Å². The number of rotatable bonds is 4. The van der Waals surface area contributed by atoms with Crippen molar-refractivity contribution in [1.82, 2.24) is 4.31 Å². The topological polar surface area (TPSA) is 90.5 Å². The Labute approximate surface area is 125 Å². The van der Waals surface area contributed by atoms with Crippen LogP contribution in [0.25, 0.3) is 0 Å². The zero-order valence-corrected chi connectivity index (χ0v) is 12.6. The molecule has 2 fully saturated rings. The second kappa shape index (κ2) is 5.31. The smallest absolute Gasteiger partial charge is 0.217 e. The van der Waals surface area contributed by atoms with Gasteiger partial charge in [-0.05, 0) is 25.0 Å². The second-order valence-corrected chi connectivity index (χ2v) is 7.77. The van der Waals surface area contributed by atoms with Crippen LogP contribution in [0.3, 0.4) is 0 Å². The second-order valence-electron chi connectivity index (χ2n) is 5.55. The molecule has 1 heterocycles. The van der Waals surface area contributed by atoms with Gasteiger partial charge >= 0.3 is 0 Å². The molecule has 1 aliphatic carbocycles. The lowest BCUT2D eigenvalue weighted by atomic mass is 10.1. The van der Waals surface area contributed by atoms with E-state index < -0.39 is 10.0 Å². The van der Waals surface area contributed by atoms with Crippen molar-refractivity contribution >= 4 is 27.6 Å². The molecule has 1 saturated heterocycles. The minimum absolute atomic E-state index is 0.145. The van der Waals surface area contributed by atoms with Crippen molar-refractivity contribution < 1.29 is 8.42 Å². The van der Waals surface area contributed by atoms with Crippen LogP contribution in [-0.4, -0.2) is 50.4 Å². The molecule has 0 atom stereocenters. The van der Waals surface area contributed by atoms with Crippen LogP contribution in [0.5, 0.6) is 0 Å². The van der Waals surface area contributed by atoms with Gasteiger partial charge in [0.15, 0.2) is 0 Å². The van der Waals surface area contributed by atoms with Gasteiger partial charge in [0, 0.05) is 49.3 Å². The maximum Gasteiger partial charge on any atom is 0.217 e. The average Bonchev–Trinajstić information content (AvgIpc) is 3.32. The summed E-state index contributed by atoms with van der Waals surface area (Å²) < 4.78 is 26.0. The molecule has 2 aliphatic rings. The molecule has 0 radical (unpaired) electrons. The van der Waals surface area contributed by atoms with Gasteiger partial charge in [-0.1, -0.05) is 6.07 Å². The van der Waals surface area contributed by atoms with Crippen LogP contribution in [-0.2, 0) is 10.0 Å². The fourth-order valence-corrected chi connectivity index (χ4v) is 4.59. The lowest BCUT2D eigenvalue weighted by Gasteiger charge is -2.36. The summed E-state index contributed by atoms with van der Waals surface area (Å²) in [6, 6.07) is 5.57. The monoisotopic (exact) mass is 308 g/mol. The number of hydrogen-bond acceptors (Lipinski definition) is 5. The van der Waals surface area contributed by atoms with E-state index in [1.165, 1.54) is 6.21 Å². The molecule has 0 unspecified atom stereocenters. The minimum atomic E-state index is -3.08. The van der Waals surface area contributed by atoms with Gasteiger partial charge in [0.1, 0.15) is 0 Å². The minimum Gasteiger partial charge on any atom is -0.398 e. The molecule has 0 spiro atoms. The van der Waals surface area contributed by atoms with E-state index in [4.69, 9.17) is 11.1 Å². The third-order valence-corrected chi connectivity index (χ3v) is 6.54. The number of nitrogen functional groups attached to an aromatic ring is 1. The van der Waals surface area contributed by atoms with Gasteiger partial charge in [0.25, 0.3) is 0 Å². The molecule has 1 aromatic carbocycles. The van der Waals surface area contributed by atoms with Gasteiger partial charge in [0.05, 0.1) is 5.25 Å². The molecule has 0 amide bonds. The molecule has 1 aliphatic heterocycles. The predicted octanol–water partition coefficient (Wildman–Crippen LogP) is 0.881. The van der Waals surface area contributed by atoms with Crippen molar-refractivity contribution in [3.8, 4) is 0 Å². The van der Waals surface area contributed by atoms with E-state index in [0.29, 0.717) is 37.4 Å². The Morgan fingerprint density at radius 2 is 1.86 bits per heavy atom. The van der Waals surface area contributed by atoms with E-state index in [0.717, 1.165) is 18.5 Å². The summed E-state index contributed by atoms with van der Waals surface area (Å²) in [6.07, 6.45) is 2.86. The highest BCUT2D eigenvalue weighted by atomic mass is 32.2. The number of anilines is 2. The van der Waals surface area contributed by atoms with Gasteiger partial charge < -0.3 is 16.0 Å². The van der Waals surface area contributed by atoms with Crippen LogP contribution in [0.2, 0.25) is 0 Å². The molecule has 114 valence electrons. The lowest BCUT2D eigenvalue weighted by molar-refractivity contribution is 0.384. The first-order chi connectivity index (χ1) is 10.0. The highest BCUT2D eigenvalue weighted by molar-refractivity contribution is 7.90. The lowest BCUT2D eigenvalue weighted by Crippen LogP contribution is -2.49. The molecule has 3 rings (SSSR count). The van der Waals surface area contributed by atoms with Gasteiger partial charge in [-0.2, -0.15) is 4.31 Å². The summed E-state index contributed by atoms with van der Waals surface area (Å²) >= 11 is 0. The highest BCUT2D eigenvalue weighted by Crippen LogP contribution is 2.32. The molecule has 0 aromatic heterocycles. The number of hydrogen-bond donors (Lipinski definition) is 2. The first kappa shape index (κ1) is 14.3. The van der Waals surface area contributed by atoms with Crippen LogP contribution in [0, 0.1) is 5.41 Å². The largest absolute Gasteiger partial charge is 0.398 e. The van der Waals surface area contributed by atoms with Crippen molar-refractivity contribution in [2.24, 2.45) is 0 Å². The van der Waals surface area contributed by atoms with Crippen LogP contribution in [0.4, 0.5) is 11.4 Å². The Bertz CT molecular complexity index is 647. The summed E-state index contributed by atoms with van der Waals surface area (Å²) in [6.45, 7) is 2.28. The van der Waals surface area contributed by atoms with Crippen LogP contribution >= 0.6 is 0 Å². The summed E-state index contributed by atoms with van der Waals surface area (Å²) in [7, 11) is -3.08. The van der Waals surface area contributed by atoms with Crippen molar-refractivity contribution in [3.63, 3.8) is 0 Å². The van der Waals surface area contributed by atoms with Crippen molar-refractivity contribution in [2.45, 2.75) is 18.1 Å². The van der Waals surface area contributed by atoms with E-state index in [1.54, 1.807) is 10.4 Å². The van der Waals surface area contributed by atoms with Crippen molar-refractivity contribution in [2.75, 3.05) is 36.8 Å². The maximum atomic E-state index is 12.2. The molecule has 3 N–H and O–H groups in total. The number of sulfonamides is 1. The van der Waals surface area contributed by atoms with Crippen LogP contribution in [0.15, 0.2) is 18.2 Å². The van der Waals surface area contributed by atoms with Gasteiger partial charge in [-0.25, -0.2) is 8.42 Å². The van der Waals surface area contributed by atoms with Crippen molar-refractivity contribution in [3.05, 3.63) is 23.8 Å². The fourth-order valence-electron chi connectivity index (χ4n) is 2.76. The van der Waals surface area contributed by atoms with E-state index >= 15 is 0 Å². The molecule has 0 bridgehead atoms. The Morgan fingerprint density at radius 3 is 2.43 bits per heavy atom. The number of piperazine rings is 1. The van der Waals surface area contributed by atoms with Gasteiger partial charge in [-0.3, -0.25) is 0 Å². The molecular weight excluding hydrogens is 288 g/mol. The standard InChI is InChI=1S/C14H20N4O2S/c15-10-12-13(16)2-1-3-14(12)17-6-8-18(9-7-17)21(19,20)11-4-5-11/h1-3,10-11,15H,4-9,16H2. The summed E-state index contributed by atoms with van der Waals surface area (Å²) in [5, 5.41) is 7.36. The third-order valence-electron chi connectivity index (χ3n) is 4.15. The van der Waals surface area contributed by atoms with E-state index in [1.807, 2.05) is 12.1 Å². The fraction of sp³-hybridized carbons (Fsp3) is 0.500. The Morgan fingerprint density at radius 1 is 1.19 bits per heavy atom. The third kappa shape index (κ3) is 2.63. The van der Waals surface area contributed by atoms with E-state index in [2.05, 4.69) is 4.90 Å².